The second kappa shape index (κ2) is 5.96. The molecule has 0 N–H and O–H groups in total. The highest BCUT2D eigenvalue weighted by Crippen LogP contribution is 2.57. The minimum Gasteiger partial charge on any atom is -0.0679 e. The minimum absolute atomic E-state index is 0.501. The summed E-state index contributed by atoms with van der Waals surface area (Å²) in [6, 6.07) is 36.8. The van der Waals surface area contributed by atoms with Crippen LogP contribution >= 0.6 is 0 Å². The number of hydrogen-bond acceptors (Lipinski definition) is 0. The zero-order chi connectivity index (χ0) is 20.7. The molecule has 2 aliphatic rings. The Labute approximate surface area is 184 Å². The first-order valence-corrected chi connectivity index (χ1v) is 14.4. The molecule has 0 heterocycles. The van der Waals surface area contributed by atoms with Crippen LogP contribution in [0.25, 0.3) is 32.7 Å². The third-order valence-corrected chi connectivity index (χ3v) is 12.1. The summed E-state index contributed by atoms with van der Waals surface area (Å²) in [5.41, 5.74) is 10.1. The quantitative estimate of drug-likeness (QED) is 0.203. The molecule has 148 valence electrons. The maximum Gasteiger partial charge on any atom is 0.0731 e. The number of rotatable bonds is 2. The average Bonchev–Trinajstić information content (AvgIpc) is 3.33. The van der Waals surface area contributed by atoms with Crippen LogP contribution in [0.4, 0.5) is 0 Å². The number of benzene rings is 5. The van der Waals surface area contributed by atoms with Crippen LogP contribution in [0.1, 0.15) is 33.3 Å². The SMILES string of the molecule is C[Si](C)(C1c2ccccc2-c2ccccc21)C1c2cccc3ccc4cccc1c4c23. The van der Waals surface area contributed by atoms with Crippen LogP contribution < -0.4 is 0 Å². The fourth-order valence-corrected chi connectivity index (χ4v) is 11.3. The molecular formula is C30H24Si. The van der Waals surface area contributed by atoms with E-state index in [0.717, 1.165) is 0 Å². The molecule has 0 saturated carbocycles. The Morgan fingerprint density at radius 1 is 0.452 bits per heavy atom. The smallest absolute Gasteiger partial charge is 0.0679 e. The van der Waals surface area contributed by atoms with E-state index in [-0.39, 0.29) is 0 Å². The van der Waals surface area contributed by atoms with Crippen molar-refractivity contribution < 1.29 is 0 Å². The van der Waals surface area contributed by atoms with Crippen molar-refractivity contribution in [3.63, 3.8) is 0 Å². The van der Waals surface area contributed by atoms with Crippen LogP contribution in [0.5, 0.6) is 0 Å². The molecule has 0 aromatic heterocycles. The number of hydrogen-bond donors (Lipinski definition) is 0. The van der Waals surface area contributed by atoms with Gasteiger partial charge in [-0.15, -0.1) is 0 Å². The summed E-state index contributed by atoms with van der Waals surface area (Å²) in [5.74, 6) is 0. The maximum absolute atomic E-state index is 2.63. The summed E-state index contributed by atoms with van der Waals surface area (Å²) >= 11 is 0. The molecule has 31 heavy (non-hydrogen) atoms. The second-order valence-electron chi connectivity index (χ2n) is 9.82. The molecule has 0 atom stereocenters. The third kappa shape index (κ3) is 2.15. The van der Waals surface area contributed by atoms with Gasteiger partial charge in [0.15, 0.2) is 0 Å². The monoisotopic (exact) mass is 412 g/mol. The Hall–Kier alpha value is -3.16. The molecule has 0 radical (unpaired) electrons. The summed E-state index contributed by atoms with van der Waals surface area (Å²) < 4.78 is 0. The average molecular weight is 413 g/mol. The Bertz CT molecular complexity index is 1420. The van der Waals surface area contributed by atoms with Gasteiger partial charge in [-0.1, -0.05) is 110 Å². The Morgan fingerprint density at radius 2 is 0.871 bits per heavy atom. The normalized spacial score (nSPS) is 15.2. The lowest BCUT2D eigenvalue weighted by atomic mass is 10.0. The summed E-state index contributed by atoms with van der Waals surface area (Å²) in [6.07, 6.45) is 0. The fourth-order valence-electron chi connectivity index (χ4n) is 6.79. The topological polar surface area (TPSA) is 0 Å². The molecule has 0 unspecified atom stereocenters. The molecule has 7 rings (SSSR count). The van der Waals surface area contributed by atoms with Gasteiger partial charge in [-0.3, -0.25) is 0 Å². The molecule has 5 aromatic carbocycles. The van der Waals surface area contributed by atoms with Gasteiger partial charge in [-0.2, -0.15) is 0 Å². The molecule has 0 amide bonds. The highest BCUT2D eigenvalue weighted by atomic mass is 28.3. The van der Waals surface area contributed by atoms with Crippen molar-refractivity contribution in [3.05, 3.63) is 119 Å². The van der Waals surface area contributed by atoms with Gasteiger partial charge in [0.1, 0.15) is 0 Å². The highest BCUT2D eigenvalue weighted by molar-refractivity contribution is 6.82. The van der Waals surface area contributed by atoms with E-state index in [1.807, 2.05) is 0 Å². The number of fused-ring (bicyclic) bond motifs is 3. The zero-order valence-corrected chi connectivity index (χ0v) is 18.9. The van der Waals surface area contributed by atoms with Crippen molar-refractivity contribution in [2.75, 3.05) is 0 Å². The van der Waals surface area contributed by atoms with Crippen LogP contribution in [-0.4, -0.2) is 8.07 Å². The van der Waals surface area contributed by atoms with Gasteiger partial charge in [0.05, 0.1) is 8.07 Å². The molecule has 0 nitrogen and oxygen atoms in total. The Morgan fingerprint density at radius 3 is 1.39 bits per heavy atom. The van der Waals surface area contributed by atoms with Crippen molar-refractivity contribution in [1.29, 1.82) is 0 Å². The van der Waals surface area contributed by atoms with Gasteiger partial charge in [0.25, 0.3) is 0 Å². The summed E-state index contributed by atoms with van der Waals surface area (Å²) in [5, 5.41) is 5.77. The van der Waals surface area contributed by atoms with Gasteiger partial charge >= 0.3 is 0 Å². The molecule has 0 aliphatic heterocycles. The van der Waals surface area contributed by atoms with Crippen molar-refractivity contribution in [3.8, 4) is 11.1 Å². The van der Waals surface area contributed by atoms with E-state index in [1.165, 1.54) is 43.8 Å². The van der Waals surface area contributed by atoms with E-state index < -0.39 is 8.07 Å². The second-order valence-corrected chi connectivity index (χ2v) is 14.6. The lowest BCUT2D eigenvalue weighted by molar-refractivity contribution is 1.01. The molecule has 2 aliphatic carbocycles. The summed E-state index contributed by atoms with van der Waals surface area (Å²) in [6.45, 7) is 5.26. The van der Waals surface area contributed by atoms with Gasteiger partial charge in [-0.25, -0.2) is 0 Å². The lowest BCUT2D eigenvalue weighted by Gasteiger charge is -2.38. The van der Waals surface area contributed by atoms with E-state index in [0.29, 0.717) is 11.1 Å². The van der Waals surface area contributed by atoms with Crippen LogP contribution in [0.2, 0.25) is 13.1 Å². The molecule has 0 fully saturated rings. The van der Waals surface area contributed by atoms with E-state index >= 15 is 0 Å². The minimum atomic E-state index is -1.89. The molecule has 0 spiro atoms. The predicted molar refractivity (Wildman–Crippen MR) is 134 cm³/mol. The predicted octanol–water partition coefficient (Wildman–Crippen LogP) is 8.04. The highest BCUT2D eigenvalue weighted by Gasteiger charge is 2.48. The third-order valence-electron chi connectivity index (χ3n) is 7.89. The molecule has 1 heteroatoms. The van der Waals surface area contributed by atoms with Gasteiger partial charge in [0.2, 0.25) is 0 Å². The van der Waals surface area contributed by atoms with Crippen LogP contribution in [0, 0.1) is 0 Å². The first-order valence-electron chi connectivity index (χ1n) is 11.3. The van der Waals surface area contributed by atoms with E-state index in [1.54, 1.807) is 11.1 Å². The molecule has 0 saturated heterocycles. The van der Waals surface area contributed by atoms with E-state index in [9.17, 15) is 0 Å². The first kappa shape index (κ1) is 17.5. The first-order chi connectivity index (χ1) is 15.2. The maximum atomic E-state index is 2.63. The van der Waals surface area contributed by atoms with Crippen molar-refractivity contribution in [2.24, 2.45) is 0 Å². The van der Waals surface area contributed by atoms with Crippen molar-refractivity contribution in [1.82, 2.24) is 0 Å². The van der Waals surface area contributed by atoms with E-state index in [2.05, 4.69) is 110 Å². The van der Waals surface area contributed by atoms with E-state index in [4.69, 9.17) is 0 Å². The molecule has 0 bridgehead atoms. The van der Waals surface area contributed by atoms with Gasteiger partial charge in [0, 0.05) is 11.1 Å². The van der Waals surface area contributed by atoms with Crippen molar-refractivity contribution in [2.45, 2.75) is 24.2 Å². The summed E-state index contributed by atoms with van der Waals surface area (Å²) in [7, 11) is -1.89. The molecular weight excluding hydrogens is 388 g/mol. The van der Waals surface area contributed by atoms with Crippen LogP contribution in [0.15, 0.2) is 97.1 Å². The van der Waals surface area contributed by atoms with Crippen molar-refractivity contribution >= 4 is 29.6 Å². The fraction of sp³-hybridized carbons (Fsp3) is 0.133. The zero-order valence-electron chi connectivity index (χ0n) is 17.9. The van der Waals surface area contributed by atoms with Gasteiger partial charge in [-0.05, 0) is 54.9 Å². The van der Waals surface area contributed by atoms with Gasteiger partial charge < -0.3 is 0 Å². The largest absolute Gasteiger partial charge is 0.0731 e. The lowest BCUT2D eigenvalue weighted by Crippen LogP contribution is -2.42. The Kier molecular flexibility index (Phi) is 3.37. The van der Waals surface area contributed by atoms with Crippen LogP contribution in [-0.2, 0) is 0 Å². The van der Waals surface area contributed by atoms with Crippen LogP contribution in [0.3, 0.4) is 0 Å². The Balaban J connectivity index is 1.53. The summed E-state index contributed by atoms with van der Waals surface area (Å²) in [4.78, 5) is 0. The standard InChI is InChI=1S/C30H24Si/c1-31(2,29-23-13-5-3-11-21(23)22-12-4-6-14-24(22)29)30-25-15-7-9-19-17-18-20-10-8-16-26(30)28(20)27(19)25/h3-18,29-30H,1-2H3. The molecule has 5 aromatic rings.